The summed E-state index contributed by atoms with van der Waals surface area (Å²) in [4.78, 5) is 27.6. The van der Waals surface area contributed by atoms with Crippen molar-refractivity contribution in [1.29, 1.82) is 0 Å². The van der Waals surface area contributed by atoms with E-state index < -0.39 is 0 Å². The molecule has 1 atom stereocenters. The fraction of sp³-hybridized carbons (Fsp3) is 0.250. The average Bonchev–Trinajstić information content (AvgIpc) is 3.00. The summed E-state index contributed by atoms with van der Waals surface area (Å²) in [6, 6.07) is 25.6. The molecule has 41 heavy (non-hydrogen) atoms. The second-order valence-corrected chi connectivity index (χ2v) is 10.5. The molecule has 0 bridgehead atoms. The zero-order valence-corrected chi connectivity index (χ0v) is 24.3. The molecular formula is C32H33FN2O5S. The van der Waals surface area contributed by atoms with Gasteiger partial charge in [-0.1, -0.05) is 42.5 Å². The number of fused-ring (bicyclic) bond motifs is 1. The molecule has 1 unspecified atom stereocenters. The van der Waals surface area contributed by atoms with Crippen molar-refractivity contribution in [3.63, 3.8) is 0 Å². The summed E-state index contributed by atoms with van der Waals surface area (Å²) < 4.78 is 31.9. The van der Waals surface area contributed by atoms with Gasteiger partial charge in [0.05, 0.1) is 33.4 Å². The summed E-state index contributed by atoms with van der Waals surface area (Å²) in [7, 11) is 4.33. The SMILES string of the molecule is COC(=O)CC(C)N(Cc1ccccc1F)c1ccc(N(CC(=O)OC)Sc2ccc(OC)cc2)c2ccccc12. The molecule has 9 heteroatoms. The number of carbonyl (C=O) groups is 2. The number of benzene rings is 4. The molecule has 4 aromatic rings. The highest BCUT2D eigenvalue weighted by atomic mass is 32.2. The van der Waals surface area contributed by atoms with E-state index in [0.29, 0.717) is 5.56 Å². The van der Waals surface area contributed by atoms with Crippen molar-refractivity contribution in [1.82, 2.24) is 0 Å². The molecule has 0 radical (unpaired) electrons. The third-order valence-electron chi connectivity index (χ3n) is 6.75. The first-order valence-corrected chi connectivity index (χ1v) is 13.9. The first-order chi connectivity index (χ1) is 19.8. The number of rotatable bonds is 12. The van der Waals surface area contributed by atoms with Crippen LogP contribution in [-0.4, -0.2) is 45.9 Å². The maximum atomic E-state index is 14.8. The maximum Gasteiger partial charge on any atom is 0.326 e. The quantitative estimate of drug-likeness (QED) is 0.138. The van der Waals surface area contributed by atoms with E-state index >= 15 is 0 Å². The third-order valence-corrected chi connectivity index (χ3v) is 7.78. The normalized spacial score (nSPS) is 11.5. The zero-order chi connectivity index (χ0) is 29.4. The molecule has 4 aromatic carbocycles. The van der Waals surface area contributed by atoms with Gasteiger partial charge in [-0.05, 0) is 61.3 Å². The van der Waals surface area contributed by atoms with Gasteiger partial charge in [-0.25, -0.2) is 4.39 Å². The van der Waals surface area contributed by atoms with Gasteiger partial charge in [0.1, 0.15) is 18.1 Å². The molecule has 0 saturated carbocycles. The first kappa shape index (κ1) is 29.7. The van der Waals surface area contributed by atoms with Crippen molar-refractivity contribution in [3.05, 3.63) is 96.3 Å². The number of hydrogen-bond donors (Lipinski definition) is 0. The Morgan fingerprint density at radius 1 is 0.805 bits per heavy atom. The van der Waals surface area contributed by atoms with Crippen LogP contribution >= 0.6 is 11.9 Å². The predicted molar refractivity (Wildman–Crippen MR) is 161 cm³/mol. The van der Waals surface area contributed by atoms with E-state index in [-0.39, 0.29) is 43.3 Å². The summed E-state index contributed by atoms with van der Waals surface area (Å²) in [5.74, 6) is -0.312. The summed E-state index contributed by atoms with van der Waals surface area (Å²) in [6.07, 6.45) is 0.128. The lowest BCUT2D eigenvalue weighted by Gasteiger charge is -2.33. The fourth-order valence-corrected chi connectivity index (χ4v) is 5.51. The van der Waals surface area contributed by atoms with Crippen LogP contribution in [0, 0.1) is 5.82 Å². The number of methoxy groups -OCH3 is 3. The zero-order valence-electron chi connectivity index (χ0n) is 23.5. The highest BCUT2D eigenvalue weighted by Crippen LogP contribution is 2.40. The number of anilines is 2. The van der Waals surface area contributed by atoms with Gasteiger partial charge >= 0.3 is 11.9 Å². The van der Waals surface area contributed by atoms with Crippen molar-refractivity contribution in [2.24, 2.45) is 0 Å². The van der Waals surface area contributed by atoms with Crippen LogP contribution < -0.4 is 13.9 Å². The lowest BCUT2D eigenvalue weighted by atomic mass is 10.0. The van der Waals surface area contributed by atoms with Crippen molar-refractivity contribution in [2.45, 2.75) is 30.8 Å². The highest BCUT2D eigenvalue weighted by Gasteiger charge is 2.24. The van der Waals surface area contributed by atoms with E-state index in [9.17, 15) is 14.0 Å². The lowest BCUT2D eigenvalue weighted by molar-refractivity contribution is -0.141. The standard InChI is InChI=1S/C32H33FN2O5S/c1-22(19-31(36)39-3)34(20-23-9-5-8-12-28(23)33)29-17-18-30(27-11-7-6-10-26(27)29)35(21-32(37)40-4)41-25-15-13-24(38-2)14-16-25/h5-18,22H,19-21H2,1-4H3. The van der Waals surface area contributed by atoms with Gasteiger partial charge in [0, 0.05) is 39.5 Å². The van der Waals surface area contributed by atoms with E-state index in [2.05, 4.69) is 0 Å². The molecule has 0 spiro atoms. The van der Waals surface area contributed by atoms with E-state index in [1.807, 2.05) is 76.8 Å². The molecule has 0 fully saturated rings. The van der Waals surface area contributed by atoms with Crippen LogP contribution in [0.2, 0.25) is 0 Å². The summed E-state index contributed by atoms with van der Waals surface area (Å²) in [6.45, 7) is 2.18. The minimum absolute atomic E-state index is 0.00816. The van der Waals surface area contributed by atoms with Gasteiger partial charge in [-0.3, -0.25) is 9.59 Å². The van der Waals surface area contributed by atoms with Crippen LogP contribution in [0.3, 0.4) is 0 Å². The Hall–Kier alpha value is -4.24. The van der Waals surface area contributed by atoms with E-state index in [1.54, 1.807) is 25.3 Å². The van der Waals surface area contributed by atoms with Crippen molar-refractivity contribution in [3.8, 4) is 5.75 Å². The smallest absolute Gasteiger partial charge is 0.326 e. The Labute approximate surface area is 243 Å². The number of hydrogen-bond acceptors (Lipinski definition) is 8. The second-order valence-electron chi connectivity index (χ2n) is 9.38. The molecule has 0 aliphatic heterocycles. The van der Waals surface area contributed by atoms with Gasteiger partial charge in [0.15, 0.2) is 0 Å². The van der Waals surface area contributed by atoms with E-state index in [1.165, 1.54) is 32.2 Å². The van der Waals surface area contributed by atoms with Crippen LogP contribution in [0.4, 0.5) is 15.8 Å². The van der Waals surface area contributed by atoms with Gasteiger partial charge in [-0.15, -0.1) is 0 Å². The maximum absolute atomic E-state index is 14.8. The van der Waals surface area contributed by atoms with Crippen molar-refractivity contribution in [2.75, 3.05) is 37.1 Å². The van der Waals surface area contributed by atoms with Gasteiger partial charge in [0.25, 0.3) is 0 Å². The molecule has 0 saturated heterocycles. The minimum Gasteiger partial charge on any atom is -0.497 e. The Balaban J connectivity index is 1.80. The Morgan fingerprint density at radius 3 is 2.05 bits per heavy atom. The fourth-order valence-electron chi connectivity index (χ4n) is 4.57. The molecule has 0 N–H and O–H groups in total. The molecular weight excluding hydrogens is 543 g/mol. The number of halogens is 1. The molecule has 214 valence electrons. The molecule has 4 rings (SSSR count). The van der Waals surface area contributed by atoms with Crippen molar-refractivity contribution >= 4 is 46.0 Å². The Bertz CT molecular complexity index is 1500. The van der Waals surface area contributed by atoms with Crippen LogP contribution in [0.15, 0.2) is 89.8 Å². The molecule has 0 aliphatic carbocycles. The van der Waals surface area contributed by atoms with Crippen LogP contribution in [-0.2, 0) is 25.6 Å². The monoisotopic (exact) mass is 576 g/mol. The second kappa shape index (κ2) is 13.9. The largest absolute Gasteiger partial charge is 0.497 e. The number of ether oxygens (including phenoxy) is 3. The number of carbonyl (C=O) groups excluding carboxylic acids is 2. The lowest BCUT2D eigenvalue weighted by Crippen LogP contribution is -2.35. The summed E-state index contributed by atoms with van der Waals surface area (Å²) in [5, 5.41) is 1.78. The Morgan fingerprint density at radius 2 is 1.41 bits per heavy atom. The summed E-state index contributed by atoms with van der Waals surface area (Å²) in [5.41, 5.74) is 2.15. The van der Waals surface area contributed by atoms with Crippen LogP contribution in [0.5, 0.6) is 5.75 Å². The first-order valence-electron chi connectivity index (χ1n) is 13.1. The number of nitrogens with zero attached hydrogens (tertiary/aromatic N) is 2. The molecule has 0 amide bonds. The van der Waals surface area contributed by atoms with E-state index in [0.717, 1.165) is 32.8 Å². The average molecular weight is 577 g/mol. The summed E-state index contributed by atoms with van der Waals surface area (Å²) >= 11 is 1.41. The van der Waals surface area contributed by atoms with E-state index in [4.69, 9.17) is 14.2 Å². The third kappa shape index (κ3) is 7.29. The molecule has 0 aromatic heterocycles. The molecule has 0 aliphatic rings. The minimum atomic E-state index is -0.382. The van der Waals surface area contributed by atoms with Crippen molar-refractivity contribution < 1.29 is 28.2 Å². The highest BCUT2D eigenvalue weighted by molar-refractivity contribution is 8.00. The number of esters is 2. The van der Waals surface area contributed by atoms with Gasteiger partial charge in [0.2, 0.25) is 0 Å². The van der Waals surface area contributed by atoms with Gasteiger partial charge in [-0.2, -0.15) is 0 Å². The predicted octanol–water partition coefficient (Wildman–Crippen LogP) is 6.63. The van der Waals surface area contributed by atoms with Crippen LogP contribution in [0.1, 0.15) is 18.9 Å². The molecule has 0 heterocycles. The van der Waals surface area contributed by atoms with Gasteiger partial charge < -0.3 is 23.4 Å². The Kier molecular flexibility index (Phi) is 10.1. The topological polar surface area (TPSA) is 68.3 Å². The van der Waals surface area contributed by atoms with Crippen LogP contribution in [0.25, 0.3) is 10.8 Å². The molecule has 7 nitrogen and oxygen atoms in total.